The van der Waals surface area contributed by atoms with Gasteiger partial charge in [0.2, 0.25) is 5.82 Å². The zero-order valence-electron chi connectivity index (χ0n) is 30.0. The van der Waals surface area contributed by atoms with Crippen LogP contribution in [0.3, 0.4) is 0 Å². The molecular weight excluding hydrogens is 664 g/mol. The van der Waals surface area contributed by atoms with Gasteiger partial charge in [0.25, 0.3) is 5.91 Å². The van der Waals surface area contributed by atoms with Gasteiger partial charge < -0.3 is 28.7 Å². The van der Waals surface area contributed by atoms with Crippen molar-refractivity contribution in [2.24, 2.45) is 0 Å². The minimum Gasteiger partial charge on any atom is -0.501 e. The average molecular weight is 707 g/mol. The van der Waals surface area contributed by atoms with Gasteiger partial charge in [0, 0.05) is 45.5 Å². The Hall–Kier alpha value is -5.79. The van der Waals surface area contributed by atoms with Crippen LogP contribution in [-0.2, 0) is 15.9 Å². The highest BCUT2D eigenvalue weighted by atomic mass is 16.5. The third-order valence-corrected chi connectivity index (χ3v) is 9.04. The molecule has 0 fully saturated rings. The molecular formula is C39H42N6O7. The molecule has 2 aromatic heterocycles. The van der Waals surface area contributed by atoms with Crippen molar-refractivity contribution in [1.29, 1.82) is 0 Å². The maximum absolute atomic E-state index is 13.4. The number of para-hydroxylation sites is 1. The lowest BCUT2D eigenvalue weighted by Crippen LogP contribution is -2.33. The van der Waals surface area contributed by atoms with E-state index in [2.05, 4.69) is 43.8 Å². The Balaban J connectivity index is 1.18. The number of carbonyl (C=O) groups is 1. The number of allylic oxidation sites excluding steroid dienone is 2. The molecule has 1 aliphatic heterocycles. The van der Waals surface area contributed by atoms with Crippen LogP contribution < -0.4 is 20.2 Å². The van der Waals surface area contributed by atoms with Crippen molar-refractivity contribution in [3.8, 4) is 28.6 Å². The molecule has 0 atom stereocenters. The highest BCUT2D eigenvalue weighted by Crippen LogP contribution is 2.38. The van der Waals surface area contributed by atoms with E-state index >= 15 is 0 Å². The summed E-state index contributed by atoms with van der Waals surface area (Å²) >= 11 is 0. The predicted molar refractivity (Wildman–Crippen MR) is 197 cm³/mol. The number of aromatic nitrogens is 4. The minimum atomic E-state index is -0.635. The molecule has 0 aliphatic carbocycles. The topological polar surface area (TPSA) is 143 Å². The Morgan fingerprint density at radius 3 is 2.50 bits per heavy atom. The molecule has 270 valence electrons. The molecule has 5 aromatic rings. The van der Waals surface area contributed by atoms with Crippen molar-refractivity contribution in [2.75, 3.05) is 60.0 Å². The molecule has 0 unspecified atom stereocenters. The van der Waals surface area contributed by atoms with E-state index < -0.39 is 5.91 Å². The van der Waals surface area contributed by atoms with Gasteiger partial charge in [-0.15, -0.1) is 15.0 Å². The van der Waals surface area contributed by atoms with E-state index in [-0.39, 0.29) is 17.0 Å². The van der Waals surface area contributed by atoms with Gasteiger partial charge in [-0.3, -0.25) is 14.5 Å². The van der Waals surface area contributed by atoms with Gasteiger partial charge in [-0.05, 0) is 78.9 Å². The Kier molecular flexibility index (Phi) is 11.4. The third kappa shape index (κ3) is 8.22. The lowest BCUT2D eigenvalue weighted by atomic mass is 9.96. The molecule has 1 amide bonds. The number of methoxy groups -OCH3 is 4. The smallest absolute Gasteiger partial charge is 0.291 e. The summed E-state index contributed by atoms with van der Waals surface area (Å²) in [6.45, 7) is 5.50. The number of carbonyl (C=O) groups excluding carboxylic acids is 1. The van der Waals surface area contributed by atoms with Gasteiger partial charge in [-0.2, -0.15) is 0 Å². The van der Waals surface area contributed by atoms with Gasteiger partial charge in [0.05, 0.1) is 49.4 Å². The van der Waals surface area contributed by atoms with Crippen molar-refractivity contribution in [1.82, 2.24) is 25.1 Å². The number of anilines is 1. The average Bonchev–Trinajstić information content (AvgIpc) is 3.67. The molecule has 13 nitrogen and oxygen atoms in total. The number of nitrogens with zero attached hydrogens (tertiary/aromatic N) is 5. The van der Waals surface area contributed by atoms with Gasteiger partial charge in [0.15, 0.2) is 22.7 Å². The van der Waals surface area contributed by atoms with Crippen LogP contribution in [0.25, 0.3) is 28.0 Å². The molecule has 6 rings (SSSR count). The molecule has 52 heavy (non-hydrogen) atoms. The summed E-state index contributed by atoms with van der Waals surface area (Å²) in [6.07, 6.45) is 4.92. The number of hydrogen-bond donors (Lipinski definition) is 1. The van der Waals surface area contributed by atoms with Crippen molar-refractivity contribution >= 4 is 22.6 Å². The molecule has 13 heteroatoms. The molecule has 0 bridgehead atoms. The monoisotopic (exact) mass is 706 g/mol. The second kappa shape index (κ2) is 16.5. The third-order valence-electron chi connectivity index (χ3n) is 9.04. The summed E-state index contributed by atoms with van der Waals surface area (Å²) in [7, 11) is 6.44. The largest absolute Gasteiger partial charge is 0.501 e. The molecule has 1 aliphatic rings. The zero-order valence-corrected chi connectivity index (χ0v) is 30.0. The number of nitrogens with one attached hydrogen (secondary N) is 1. The second-order valence-corrected chi connectivity index (χ2v) is 12.4. The molecule has 0 saturated carbocycles. The van der Waals surface area contributed by atoms with Crippen LogP contribution in [0.5, 0.6) is 11.5 Å². The van der Waals surface area contributed by atoms with E-state index in [0.29, 0.717) is 40.3 Å². The van der Waals surface area contributed by atoms with Crippen LogP contribution in [0.1, 0.15) is 35.9 Å². The Morgan fingerprint density at radius 1 is 0.981 bits per heavy atom. The highest BCUT2D eigenvalue weighted by Gasteiger charge is 2.22. The fraction of sp³-hybridized carbons (Fsp3) is 0.308. The van der Waals surface area contributed by atoms with Gasteiger partial charge in [-0.25, -0.2) is 0 Å². The fourth-order valence-electron chi connectivity index (χ4n) is 6.12. The highest BCUT2D eigenvalue weighted by molar-refractivity contribution is 6.05. The van der Waals surface area contributed by atoms with Crippen LogP contribution in [0.2, 0.25) is 0 Å². The van der Waals surface area contributed by atoms with Crippen molar-refractivity contribution in [2.45, 2.75) is 26.2 Å². The number of hydrogen-bond acceptors (Lipinski definition) is 11. The van der Waals surface area contributed by atoms with E-state index in [1.54, 1.807) is 50.6 Å². The van der Waals surface area contributed by atoms with Crippen molar-refractivity contribution < 1.29 is 28.2 Å². The standard InChI is InChI=1S/C39H42N6O7/c1-25(49-3)20-27-15-18-44(24-28(27)16-19-48-2)17-14-26-10-12-29(13-11-26)45-42-38(41-43-45)31-21-35(50-4)36(51-5)22-32(31)40-39(47)37-23-33(46)30-8-6-7-9-34(30)52-37/h6-13,20-23H,14-19,24H2,1-5H3,(H,40,47)/b25-20+. The normalized spacial score (nSPS) is 13.8. The maximum Gasteiger partial charge on any atom is 0.291 e. The lowest BCUT2D eigenvalue weighted by Gasteiger charge is -2.30. The molecule has 3 aromatic carbocycles. The van der Waals surface area contributed by atoms with E-state index in [9.17, 15) is 9.59 Å². The molecule has 1 N–H and O–H groups in total. The summed E-state index contributed by atoms with van der Waals surface area (Å²) in [5, 5.41) is 16.4. The number of fused-ring (bicyclic) bond motifs is 1. The van der Waals surface area contributed by atoms with Crippen molar-refractivity contribution in [3.05, 3.63) is 111 Å². The summed E-state index contributed by atoms with van der Waals surface area (Å²) in [5.41, 5.74) is 5.36. The summed E-state index contributed by atoms with van der Waals surface area (Å²) in [6, 6.07) is 19.2. The lowest BCUT2D eigenvalue weighted by molar-refractivity contribution is 0.0997. The van der Waals surface area contributed by atoms with Crippen molar-refractivity contribution in [3.63, 3.8) is 0 Å². The predicted octanol–water partition coefficient (Wildman–Crippen LogP) is 5.84. The maximum atomic E-state index is 13.4. The Bertz CT molecular complexity index is 2170. The number of benzene rings is 3. The summed E-state index contributed by atoms with van der Waals surface area (Å²) in [4.78, 5) is 30.0. The molecule has 0 radical (unpaired) electrons. The number of amides is 1. The van der Waals surface area contributed by atoms with E-state index in [1.807, 2.05) is 19.1 Å². The van der Waals surface area contributed by atoms with Crippen LogP contribution in [0, 0.1) is 0 Å². The fourth-order valence-corrected chi connectivity index (χ4v) is 6.12. The molecule has 3 heterocycles. The SMILES string of the molecule is COCCC1=C(/C=C(\C)OC)CCN(CCc2ccc(-n3nnc(-c4cc(OC)c(OC)cc4NC(=O)c4cc(=O)c5ccccc5o4)n3)cc2)C1. The first-order valence-electron chi connectivity index (χ1n) is 16.9. The van der Waals surface area contributed by atoms with Gasteiger partial charge in [0.1, 0.15) is 5.58 Å². The Labute approximate surface area is 301 Å². The first kappa shape index (κ1) is 36.0. The van der Waals surface area contributed by atoms with E-state index in [4.69, 9.17) is 23.4 Å². The number of tetrazole rings is 1. The van der Waals surface area contributed by atoms with Gasteiger partial charge in [-0.1, -0.05) is 29.8 Å². The van der Waals surface area contributed by atoms with E-state index in [0.717, 1.165) is 50.3 Å². The van der Waals surface area contributed by atoms with Crippen LogP contribution in [0.4, 0.5) is 5.69 Å². The second-order valence-electron chi connectivity index (χ2n) is 12.4. The van der Waals surface area contributed by atoms with Crippen LogP contribution in [-0.4, -0.2) is 85.7 Å². The first-order chi connectivity index (χ1) is 25.3. The quantitative estimate of drug-likeness (QED) is 0.139. The zero-order chi connectivity index (χ0) is 36.6. The first-order valence-corrected chi connectivity index (χ1v) is 16.9. The van der Waals surface area contributed by atoms with Crippen LogP contribution in [0.15, 0.2) is 98.9 Å². The number of rotatable bonds is 14. The van der Waals surface area contributed by atoms with E-state index in [1.165, 1.54) is 41.8 Å². The Morgan fingerprint density at radius 2 is 1.75 bits per heavy atom. The summed E-state index contributed by atoms with van der Waals surface area (Å²) < 4.78 is 27.5. The van der Waals surface area contributed by atoms with Gasteiger partial charge >= 0.3 is 0 Å². The molecule has 0 spiro atoms. The number of ether oxygens (including phenoxy) is 4. The van der Waals surface area contributed by atoms with Crippen LogP contribution >= 0.6 is 0 Å². The summed E-state index contributed by atoms with van der Waals surface area (Å²) in [5.74, 6) is 1.14. The minimum absolute atomic E-state index is 0.150. The molecule has 0 saturated heterocycles.